The zero-order valence-corrected chi connectivity index (χ0v) is 17.8. The molecule has 1 aliphatic rings. The van der Waals surface area contributed by atoms with E-state index < -0.39 is 0 Å². The lowest BCUT2D eigenvalue weighted by atomic mass is 10.1. The summed E-state index contributed by atoms with van der Waals surface area (Å²) in [6.45, 7) is 2.37. The van der Waals surface area contributed by atoms with Gasteiger partial charge in [0.15, 0.2) is 0 Å². The average Bonchev–Trinajstić information content (AvgIpc) is 3.24. The summed E-state index contributed by atoms with van der Waals surface area (Å²) in [6, 6.07) is 15.7. The molecule has 0 atom stereocenters. The Labute approximate surface area is 182 Å². The molecule has 1 saturated heterocycles. The summed E-state index contributed by atoms with van der Waals surface area (Å²) in [5.41, 5.74) is 3.03. The minimum absolute atomic E-state index is 0.116. The summed E-state index contributed by atoms with van der Waals surface area (Å²) in [4.78, 5) is 36.7. The average molecular weight is 421 g/mol. The van der Waals surface area contributed by atoms with Gasteiger partial charge in [-0.25, -0.2) is 4.98 Å². The number of para-hydroxylation sites is 2. The fourth-order valence-electron chi connectivity index (χ4n) is 3.91. The number of nitrogens with zero attached hydrogens (tertiary/aromatic N) is 3. The van der Waals surface area contributed by atoms with Gasteiger partial charge in [-0.05, 0) is 36.2 Å². The maximum Gasteiger partial charge on any atom is 0.223 e. The molecular weight excluding hydrogens is 392 g/mol. The largest absolute Gasteiger partial charge is 0.497 e. The molecule has 1 N–H and O–H groups in total. The lowest BCUT2D eigenvalue weighted by Crippen LogP contribution is -2.50. The number of aryl methyl sites for hydroxylation is 2. The van der Waals surface area contributed by atoms with Gasteiger partial charge in [-0.1, -0.05) is 24.3 Å². The first kappa shape index (κ1) is 20.9. The van der Waals surface area contributed by atoms with E-state index >= 15 is 0 Å². The lowest BCUT2D eigenvalue weighted by Gasteiger charge is -2.35. The van der Waals surface area contributed by atoms with Gasteiger partial charge in [0, 0.05) is 45.4 Å². The van der Waals surface area contributed by atoms with Crippen LogP contribution in [0.4, 0.5) is 0 Å². The van der Waals surface area contributed by atoms with Crippen molar-refractivity contribution in [3.8, 4) is 5.75 Å². The Balaban J connectivity index is 1.20. The van der Waals surface area contributed by atoms with Crippen LogP contribution in [0.5, 0.6) is 5.75 Å². The first-order valence-electron chi connectivity index (χ1n) is 10.7. The Morgan fingerprint density at radius 2 is 1.52 bits per heavy atom. The number of amides is 2. The van der Waals surface area contributed by atoms with E-state index in [1.807, 2.05) is 58.3 Å². The number of carbonyl (C=O) groups excluding carboxylic acids is 2. The highest BCUT2D eigenvalue weighted by atomic mass is 16.5. The molecule has 3 aromatic rings. The molecule has 2 amide bonds. The molecule has 1 aromatic heterocycles. The number of aromatic nitrogens is 2. The number of ether oxygens (including phenoxy) is 1. The van der Waals surface area contributed by atoms with Gasteiger partial charge in [0.2, 0.25) is 11.8 Å². The van der Waals surface area contributed by atoms with Crippen LogP contribution in [0.15, 0.2) is 48.5 Å². The molecule has 4 rings (SSSR count). The molecule has 0 aliphatic carbocycles. The van der Waals surface area contributed by atoms with Gasteiger partial charge in [0.05, 0.1) is 18.1 Å². The van der Waals surface area contributed by atoms with Crippen molar-refractivity contribution in [3.05, 3.63) is 59.9 Å². The highest BCUT2D eigenvalue weighted by molar-refractivity contribution is 5.79. The maximum absolute atomic E-state index is 12.6. The number of methoxy groups -OCH3 is 1. The van der Waals surface area contributed by atoms with Crippen molar-refractivity contribution in [2.75, 3.05) is 33.3 Å². The fraction of sp³-hybridized carbons (Fsp3) is 0.375. The van der Waals surface area contributed by atoms with Crippen LogP contribution in [-0.4, -0.2) is 64.9 Å². The first-order chi connectivity index (χ1) is 15.1. The summed E-state index contributed by atoms with van der Waals surface area (Å²) in [6.07, 6.45) is 2.20. The Morgan fingerprint density at radius 1 is 0.903 bits per heavy atom. The molecule has 7 heteroatoms. The molecule has 1 fully saturated rings. The molecule has 1 aliphatic heterocycles. The smallest absolute Gasteiger partial charge is 0.223 e. The Hall–Kier alpha value is -3.35. The third-order valence-corrected chi connectivity index (χ3v) is 5.79. The molecule has 0 radical (unpaired) electrons. The van der Waals surface area contributed by atoms with E-state index in [0.717, 1.165) is 28.2 Å². The number of rotatable bonds is 7. The third-order valence-electron chi connectivity index (χ3n) is 5.79. The van der Waals surface area contributed by atoms with Gasteiger partial charge >= 0.3 is 0 Å². The van der Waals surface area contributed by atoms with Crippen molar-refractivity contribution < 1.29 is 14.3 Å². The van der Waals surface area contributed by atoms with Gasteiger partial charge in [0.25, 0.3) is 0 Å². The summed E-state index contributed by atoms with van der Waals surface area (Å²) in [7, 11) is 1.64. The minimum atomic E-state index is 0.116. The Morgan fingerprint density at radius 3 is 2.13 bits per heavy atom. The molecule has 7 nitrogen and oxygen atoms in total. The van der Waals surface area contributed by atoms with Gasteiger partial charge in [-0.2, -0.15) is 0 Å². The highest BCUT2D eigenvalue weighted by Gasteiger charge is 2.24. The maximum atomic E-state index is 12.6. The molecule has 2 aromatic carbocycles. The van der Waals surface area contributed by atoms with Crippen molar-refractivity contribution >= 4 is 22.8 Å². The summed E-state index contributed by atoms with van der Waals surface area (Å²) in [5.74, 6) is 1.91. The zero-order chi connectivity index (χ0) is 21.6. The molecule has 0 saturated carbocycles. The number of fused-ring (bicyclic) bond motifs is 1. The van der Waals surface area contributed by atoms with Crippen LogP contribution in [0, 0.1) is 0 Å². The van der Waals surface area contributed by atoms with Crippen LogP contribution in [0.1, 0.15) is 24.2 Å². The molecule has 0 bridgehead atoms. The second-order valence-corrected chi connectivity index (χ2v) is 7.81. The molecular formula is C24H28N4O3. The van der Waals surface area contributed by atoms with Crippen molar-refractivity contribution in [1.82, 2.24) is 19.8 Å². The van der Waals surface area contributed by atoms with E-state index in [1.54, 1.807) is 7.11 Å². The number of imidazole rings is 1. The molecule has 162 valence electrons. The number of nitrogens with one attached hydrogen (secondary N) is 1. The number of H-pyrrole nitrogens is 1. The van der Waals surface area contributed by atoms with E-state index in [4.69, 9.17) is 4.74 Å². The SMILES string of the molecule is COc1ccc(CCC(=O)N2CCN(C(=O)CCc3nc4ccccc4[nH]3)CC2)cc1. The van der Waals surface area contributed by atoms with Crippen LogP contribution in [-0.2, 0) is 22.4 Å². The molecule has 0 spiro atoms. The van der Waals surface area contributed by atoms with Gasteiger partial charge in [0.1, 0.15) is 11.6 Å². The van der Waals surface area contributed by atoms with Crippen LogP contribution < -0.4 is 4.74 Å². The van der Waals surface area contributed by atoms with E-state index in [0.29, 0.717) is 51.9 Å². The lowest BCUT2D eigenvalue weighted by molar-refractivity contribution is -0.139. The van der Waals surface area contributed by atoms with Gasteiger partial charge in [-0.15, -0.1) is 0 Å². The van der Waals surface area contributed by atoms with Crippen molar-refractivity contribution in [3.63, 3.8) is 0 Å². The van der Waals surface area contributed by atoms with Crippen molar-refractivity contribution in [2.45, 2.75) is 25.7 Å². The number of hydrogen-bond donors (Lipinski definition) is 1. The van der Waals surface area contributed by atoms with E-state index in [2.05, 4.69) is 9.97 Å². The van der Waals surface area contributed by atoms with E-state index in [9.17, 15) is 9.59 Å². The zero-order valence-electron chi connectivity index (χ0n) is 17.8. The van der Waals surface area contributed by atoms with E-state index in [1.165, 1.54) is 0 Å². The minimum Gasteiger partial charge on any atom is -0.497 e. The third kappa shape index (κ3) is 5.23. The number of aromatic amines is 1. The van der Waals surface area contributed by atoms with Crippen molar-refractivity contribution in [2.24, 2.45) is 0 Å². The normalized spacial score (nSPS) is 14.1. The predicted molar refractivity (Wildman–Crippen MR) is 119 cm³/mol. The van der Waals surface area contributed by atoms with Gasteiger partial charge < -0.3 is 19.5 Å². The predicted octanol–water partition coefficient (Wildman–Crippen LogP) is 2.81. The standard InChI is InChI=1S/C24H28N4O3/c1-31-19-9-6-18(7-10-19)8-12-23(29)27-14-16-28(17-15-27)24(30)13-11-22-25-20-4-2-3-5-21(20)26-22/h2-7,9-10H,8,11-17H2,1H3,(H,25,26). The number of hydrogen-bond acceptors (Lipinski definition) is 4. The first-order valence-corrected chi connectivity index (χ1v) is 10.7. The van der Waals surface area contributed by atoms with Crippen LogP contribution >= 0.6 is 0 Å². The quantitative estimate of drug-likeness (QED) is 0.638. The Bertz CT molecular complexity index is 1000. The fourth-order valence-corrected chi connectivity index (χ4v) is 3.91. The molecule has 0 unspecified atom stereocenters. The Kier molecular flexibility index (Phi) is 6.50. The number of piperazine rings is 1. The molecule has 2 heterocycles. The van der Waals surface area contributed by atoms with E-state index in [-0.39, 0.29) is 11.8 Å². The second kappa shape index (κ2) is 9.64. The van der Waals surface area contributed by atoms with Crippen LogP contribution in [0.3, 0.4) is 0 Å². The molecule has 31 heavy (non-hydrogen) atoms. The monoisotopic (exact) mass is 420 g/mol. The second-order valence-electron chi connectivity index (χ2n) is 7.81. The van der Waals surface area contributed by atoms with Crippen LogP contribution in [0.25, 0.3) is 11.0 Å². The number of carbonyl (C=O) groups is 2. The summed E-state index contributed by atoms with van der Waals surface area (Å²) < 4.78 is 5.16. The number of benzene rings is 2. The topological polar surface area (TPSA) is 78.5 Å². The van der Waals surface area contributed by atoms with Crippen molar-refractivity contribution in [1.29, 1.82) is 0 Å². The highest BCUT2D eigenvalue weighted by Crippen LogP contribution is 2.15. The summed E-state index contributed by atoms with van der Waals surface area (Å²) >= 11 is 0. The summed E-state index contributed by atoms with van der Waals surface area (Å²) in [5, 5.41) is 0. The van der Waals surface area contributed by atoms with Crippen LogP contribution in [0.2, 0.25) is 0 Å². The van der Waals surface area contributed by atoms with Gasteiger partial charge in [-0.3, -0.25) is 9.59 Å².